The lowest BCUT2D eigenvalue weighted by Crippen LogP contribution is -2.45. The Morgan fingerprint density at radius 2 is 1.73 bits per heavy atom. The van der Waals surface area contributed by atoms with Gasteiger partial charge in [-0.05, 0) is 73.8 Å². The molecule has 1 aliphatic rings. The van der Waals surface area contributed by atoms with Gasteiger partial charge in [0.1, 0.15) is 17.6 Å². The molecule has 4 rings (SSSR count). The molecule has 0 bridgehead atoms. The highest BCUT2D eigenvalue weighted by atomic mass is 28.4. The average Bonchev–Trinajstić information content (AvgIpc) is 3.56. The van der Waals surface area contributed by atoms with E-state index in [9.17, 15) is 9.90 Å². The molecule has 1 N–H and O–H groups in total. The molecule has 1 aromatic heterocycles. The molecule has 0 aliphatic heterocycles. The molecular formula is C31H44N2O6Si. The number of hydrogen-bond donors (Lipinski definition) is 1. The molecule has 0 amide bonds. The molecule has 218 valence electrons. The number of carboxylic acids is 1. The first-order valence-corrected chi connectivity index (χ1v) is 17.0. The van der Waals surface area contributed by atoms with E-state index in [0.717, 1.165) is 53.8 Å². The Hall–Kier alpha value is -2.88. The fourth-order valence-corrected chi connectivity index (χ4v) is 6.42. The predicted octanol–water partition coefficient (Wildman–Crippen LogP) is 7.15. The number of hydrogen-bond acceptors (Lipinski definition) is 6. The highest BCUT2D eigenvalue weighted by molar-refractivity contribution is 6.74. The van der Waals surface area contributed by atoms with Crippen molar-refractivity contribution in [1.82, 2.24) is 9.55 Å². The van der Waals surface area contributed by atoms with Crippen molar-refractivity contribution in [2.75, 3.05) is 14.2 Å². The van der Waals surface area contributed by atoms with Gasteiger partial charge in [-0.3, -0.25) is 0 Å². The largest absolute Gasteiger partial charge is 0.496 e. The van der Waals surface area contributed by atoms with Crippen LogP contribution in [0.1, 0.15) is 74.0 Å². The Morgan fingerprint density at radius 3 is 2.27 bits per heavy atom. The molecule has 0 saturated heterocycles. The Bertz CT molecular complexity index is 1310. The van der Waals surface area contributed by atoms with Crippen LogP contribution in [0.15, 0.2) is 36.7 Å². The fourth-order valence-electron chi connectivity index (χ4n) is 5.14. The van der Waals surface area contributed by atoms with Gasteiger partial charge in [0.15, 0.2) is 8.32 Å². The summed E-state index contributed by atoms with van der Waals surface area (Å²) in [7, 11) is 1.08. The number of carbonyl (C=O) groups is 1. The Labute approximate surface area is 238 Å². The number of ether oxygens (including phenoxy) is 3. The zero-order chi connectivity index (χ0) is 29.2. The van der Waals surface area contributed by atoms with Crippen LogP contribution in [0.3, 0.4) is 0 Å². The third-order valence-electron chi connectivity index (χ3n) is 8.58. The monoisotopic (exact) mass is 568 g/mol. The number of methoxy groups -OCH3 is 2. The minimum absolute atomic E-state index is 0.0169. The maximum atomic E-state index is 11.5. The number of rotatable bonds is 11. The summed E-state index contributed by atoms with van der Waals surface area (Å²) in [6.07, 6.45) is 5.56. The van der Waals surface area contributed by atoms with Gasteiger partial charge in [-0.25, -0.2) is 9.78 Å². The molecule has 0 unspecified atom stereocenters. The summed E-state index contributed by atoms with van der Waals surface area (Å²) in [6, 6.07) is 9.15. The molecule has 1 heterocycles. The van der Waals surface area contributed by atoms with E-state index in [0.29, 0.717) is 12.1 Å². The number of nitrogens with zero attached hydrogens (tertiary/aromatic N) is 2. The van der Waals surface area contributed by atoms with Crippen molar-refractivity contribution in [3.8, 4) is 11.5 Å². The van der Waals surface area contributed by atoms with Crippen molar-refractivity contribution in [2.45, 2.75) is 96.4 Å². The van der Waals surface area contributed by atoms with Crippen LogP contribution in [0.5, 0.6) is 11.5 Å². The molecule has 1 fully saturated rings. The highest BCUT2D eigenvalue weighted by Gasteiger charge is 2.42. The molecule has 0 spiro atoms. The SMILES string of the molecule is COc1cc([C@@H](O[Si](C)(C)C(C)(C)C)[C@H](Cn2cnc3cc(C(=O)O)ccc32)OC2CCCC2)cc(OC)c1C. The zero-order valence-corrected chi connectivity index (χ0v) is 26.1. The molecule has 40 heavy (non-hydrogen) atoms. The first kappa shape index (κ1) is 30.1. The topological polar surface area (TPSA) is 92.0 Å². The van der Waals surface area contributed by atoms with Gasteiger partial charge in [-0.1, -0.05) is 33.6 Å². The van der Waals surface area contributed by atoms with Crippen LogP contribution in [0.25, 0.3) is 11.0 Å². The van der Waals surface area contributed by atoms with Crippen LogP contribution < -0.4 is 9.47 Å². The lowest BCUT2D eigenvalue weighted by atomic mass is 10.0. The molecule has 3 aromatic rings. The van der Waals surface area contributed by atoms with E-state index in [2.05, 4.69) is 38.8 Å². The second-order valence-electron chi connectivity index (χ2n) is 12.3. The van der Waals surface area contributed by atoms with Crippen molar-refractivity contribution in [2.24, 2.45) is 0 Å². The maximum Gasteiger partial charge on any atom is 0.335 e. The normalized spacial score (nSPS) is 16.3. The lowest BCUT2D eigenvalue weighted by molar-refractivity contribution is -0.0780. The van der Waals surface area contributed by atoms with Crippen molar-refractivity contribution in [3.63, 3.8) is 0 Å². The zero-order valence-electron chi connectivity index (χ0n) is 25.1. The van der Waals surface area contributed by atoms with E-state index in [1.54, 1.807) is 32.7 Å². The van der Waals surface area contributed by atoms with Gasteiger partial charge in [0.05, 0.1) is 55.9 Å². The van der Waals surface area contributed by atoms with Crippen molar-refractivity contribution in [1.29, 1.82) is 0 Å². The van der Waals surface area contributed by atoms with Gasteiger partial charge in [0, 0.05) is 5.56 Å². The first-order valence-electron chi connectivity index (χ1n) is 14.1. The molecule has 8 nitrogen and oxygen atoms in total. The van der Waals surface area contributed by atoms with E-state index in [1.807, 2.05) is 29.7 Å². The van der Waals surface area contributed by atoms with Crippen LogP contribution in [0, 0.1) is 6.92 Å². The number of carboxylic acid groups (broad SMARTS) is 1. The van der Waals surface area contributed by atoms with Gasteiger partial charge in [-0.15, -0.1) is 0 Å². The summed E-state index contributed by atoms with van der Waals surface area (Å²) in [6.45, 7) is 13.7. The van der Waals surface area contributed by atoms with E-state index in [4.69, 9.17) is 18.6 Å². The average molecular weight is 569 g/mol. The van der Waals surface area contributed by atoms with Crippen LogP contribution in [-0.4, -0.2) is 55.4 Å². The quantitative estimate of drug-likeness (QED) is 0.246. The van der Waals surface area contributed by atoms with Gasteiger partial charge in [-0.2, -0.15) is 0 Å². The number of aromatic carboxylic acids is 1. The van der Waals surface area contributed by atoms with Crippen LogP contribution in [-0.2, 0) is 15.7 Å². The summed E-state index contributed by atoms with van der Waals surface area (Å²) in [5.74, 6) is 0.517. The van der Waals surface area contributed by atoms with Gasteiger partial charge in [0.2, 0.25) is 0 Å². The minimum atomic E-state index is -2.26. The molecule has 9 heteroatoms. The van der Waals surface area contributed by atoms with Crippen molar-refractivity contribution in [3.05, 3.63) is 53.3 Å². The summed E-state index contributed by atoms with van der Waals surface area (Å²) in [5, 5.41) is 9.43. The number of benzene rings is 2. The van der Waals surface area contributed by atoms with Crippen LogP contribution >= 0.6 is 0 Å². The first-order chi connectivity index (χ1) is 18.8. The fraction of sp³-hybridized carbons (Fsp3) is 0.548. The summed E-state index contributed by atoms with van der Waals surface area (Å²) in [5.41, 5.74) is 3.59. The smallest absolute Gasteiger partial charge is 0.335 e. The standard InChI is InChI=1S/C31H44N2O6Si/c1-20-26(36-5)16-22(17-27(20)37-6)29(39-40(7,8)31(2,3)4)28(38-23-11-9-10-12-23)18-33-19-32-24-15-21(30(34)35)13-14-25(24)33/h13-17,19,23,28-29H,9-12,18H2,1-8H3,(H,34,35)/t28-,29+/m0/s1. The second kappa shape index (κ2) is 11.9. The van der Waals surface area contributed by atoms with Gasteiger partial charge < -0.3 is 28.3 Å². The van der Waals surface area contributed by atoms with E-state index in [-0.39, 0.29) is 28.9 Å². The van der Waals surface area contributed by atoms with Gasteiger partial charge >= 0.3 is 5.97 Å². The number of aromatic nitrogens is 2. The predicted molar refractivity (Wildman–Crippen MR) is 159 cm³/mol. The van der Waals surface area contributed by atoms with Crippen molar-refractivity contribution >= 4 is 25.3 Å². The molecule has 1 aliphatic carbocycles. The Balaban J connectivity index is 1.83. The number of imidazole rings is 1. The number of fused-ring (bicyclic) bond motifs is 1. The van der Waals surface area contributed by atoms with E-state index < -0.39 is 14.3 Å². The molecule has 2 atom stereocenters. The Kier molecular flexibility index (Phi) is 8.97. The van der Waals surface area contributed by atoms with Gasteiger partial charge in [0.25, 0.3) is 0 Å². The minimum Gasteiger partial charge on any atom is -0.496 e. The van der Waals surface area contributed by atoms with Crippen LogP contribution in [0.4, 0.5) is 0 Å². The third kappa shape index (κ3) is 6.37. The Morgan fingerprint density at radius 1 is 1.10 bits per heavy atom. The molecule has 1 saturated carbocycles. The summed E-state index contributed by atoms with van der Waals surface area (Å²) in [4.78, 5) is 16.1. The summed E-state index contributed by atoms with van der Waals surface area (Å²) >= 11 is 0. The summed E-state index contributed by atoms with van der Waals surface area (Å²) < 4.78 is 27.7. The molecule has 0 radical (unpaired) electrons. The lowest BCUT2D eigenvalue weighted by Gasteiger charge is -2.42. The van der Waals surface area contributed by atoms with Crippen LogP contribution in [0.2, 0.25) is 18.1 Å². The molecular weight excluding hydrogens is 524 g/mol. The van der Waals surface area contributed by atoms with Crippen molar-refractivity contribution < 1.29 is 28.5 Å². The maximum absolute atomic E-state index is 11.5. The van der Waals surface area contributed by atoms with E-state index >= 15 is 0 Å². The molecule has 2 aromatic carbocycles. The third-order valence-corrected chi connectivity index (χ3v) is 13.0. The second-order valence-corrected chi connectivity index (χ2v) is 17.1. The van der Waals surface area contributed by atoms with E-state index in [1.165, 1.54) is 0 Å². The highest BCUT2D eigenvalue weighted by Crippen LogP contribution is 2.44.